The summed E-state index contributed by atoms with van der Waals surface area (Å²) in [5.74, 6) is -0.0104. The van der Waals surface area contributed by atoms with E-state index in [1.54, 1.807) is 31.4 Å². The SMILES string of the molecule is CCN1CCN(CCNC(=O)c2nnc(C(=O)Nc3ccc(OC)cc3)s2)CC1. The van der Waals surface area contributed by atoms with E-state index in [-0.39, 0.29) is 15.9 Å². The maximum Gasteiger partial charge on any atom is 0.286 e. The lowest BCUT2D eigenvalue weighted by Gasteiger charge is -2.33. The maximum absolute atomic E-state index is 12.3. The predicted octanol–water partition coefficient (Wildman–Crippen LogP) is 1.17. The highest BCUT2D eigenvalue weighted by Crippen LogP contribution is 2.17. The van der Waals surface area contributed by atoms with E-state index in [1.165, 1.54) is 0 Å². The minimum Gasteiger partial charge on any atom is -0.497 e. The standard InChI is InChI=1S/C19H26N6O3S/c1-3-24-10-12-25(13-11-24)9-8-20-16(26)18-22-23-19(29-18)17(27)21-14-4-6-15(28-2)7-5-14/h4-7H,3,8-13H2,1-2H3,(H,20,26)(H,21,27). The first-order chi connectivity index (χ1) is 14.1. The second-order valence-electron chi connectivity index (χ2n) is 6.63. The van der Waals surface area contributed by atoms with Gasteiger partial charge in [-0.25, -0.2) is 0 Å². The van der Waals surface area contributed by atoms with E-state index in [0.29, 0.717) is 18.0 Å². The Labute approximate surface area is 174 Å². The molecule has 1 saturated heterocycles. The van der Waals surface area contributed by atoms with Crippen LogP contribution < -0.4 is 15.4 Å². The monoisotopic (exact) mass is 418 g/mol. The van der Waals surface area contributed by atoms with Crippen LogP contribution in [0.3, 0.4) is 0 Å². The highest BCUT2D eigenvalue weighted by atomic mass is 32.1. The van der Waals surface area contributed by atoms with Crippen LogP contribution in [-0.2, 0) is 0 Å². The average Bonchev–Trinajstić information content (AvgIpc) is 3.25. The van der Waals surface area contributed by atoms with Crippen LogP contribution in [0.1, 0.15) is 26.5 Å². The Kier molecular flexibility index (Phi) is 7.50. The number of anilines is 1. The molecule has 2 aromatic rings. The summed E-state index contributed by atoms with van der Waals surface area (Å²) in [6.45, 7) is 8.74. The number of amides is 2. The molecule has 2 heterocycles. The Morgan fingerprint density at radius 1 is 1.03 bits per heavy atom. The molecule has 1 aromatic carbocycles. The number of carbonyl (C=O) groups is 2. The van der Waals surface area contributed by atoms with Crippen molar-refractivity contribution in [1.29, 1.82) is 0 Å². The van der Waals surface area contributed by atoms with Crippen molar-refractivity contribution < 1.29 is 14.3 Å². The van der Waals surface area contributed by atoms with Gasteiger partial charge in [0.2, 0.25) is 10.0 Å². The normalized spacial score (nSPS) is 15.1. The molecule has 2 amide bonds. The van der Waals surface area contributed by atoms with Gasteiger partial charge < -0.3 is 20.3 Å². The maximum atomic E-state index is 12.3. The number of hydrogen-bond acceptors (Lipinski definition) is 8. The number of benzene rings is 1. The Morgan fingerprint density at radius 2 is 1.66 bits per heavy atom. The number of piperazine rings is 1. The summed E-state index contributed by atoms with van der Waals surface area (Å²) in [6, 6.07) is 6.95. The van der Waals surface area contributed by atoms with Gasteiger partial charge in [0.05, 0.1) is 7.11 Å². The van der Waals surface area contributed by atoms with E-state index in [2.05, 4.69) is 37.6 Å². The van der Waals surface area contributed by atoms with Crippen molar-refractivity contribution in [2.75, 3.05) is 58.2 Å². The first-order valence-electron chi connectivity index (χ1n) is 9.61. The van der Waals surface area contributed by atoms with Crippen LogP contribution in [0.15, 0.2) is 24.3 Å². The summed E-state index contributed by atoms with van der Waals surface area (Å²) in [5.41, 5.74) is 0.611. The fourth-order valence-electron chi connectivity index (χ4n) is 3.00. The fraction of sp³-hybridized carbons (Fsp3) is 0.474. The molecular weight excluding hydrogens is 392 g/mol. The highest BCUT2D eigenvalue weighted by Gasteiger charge is 2.19. The van der Waals surface area contributed by atoms with Gasteiger partial charge in [0, 0.05) is 45.0 Å². The quantitative estimate of drug-likeness (QED) is 0.664. The van der Waals surface area contributed by atoms with Gasteiger partial charge in [0.25, 0.3) is 11.8 Å². The van der Waals surface area contributed by atoms with E-state index in [0.717, 1.165) is 50.6 Å². The summed E-state index contributed by atoms with van der Waals surface area (Å²) in [5, 5.41) is 13.6. The zero-order chi connectivity index (χ0) is 20.6. The molecule has 0 radical (unpaired) electrons. The van der Waals surface area contributed by atoms with Crippen molar-refractivity contribution in [2.45, 2.75) is 6.92 Å². The molecule has 0 atom stereocenters. The lowest BCUT2D eigenvalue weighted by molar-refractivity contribution is 0.0935. The van der Waals surface area contributed by atoms with Crippen molar-refractivity contribution in [1.82, 2.24) is 25.3 Å². The molecule has 0 unspecified atom stereocenters. The Balaban J connectivity index is 1.44. The molecule has 1 aliphatic heterocycles. The van der Waals surface area contributed by atoms with Gasteiger partial charge in [-0.1, -0.05) is 18.3 Å². The van der Waals surface area contributed by atoms with Crippen LogP contribution in [0.25, 0.3) is 0 Å². The van der Waals surface area contributed by atoms with Gasteiger partial charge in [0.1, 0.15) is 5.75 Å². The number of likely N-dealkylation sites (N-methyl/N-ethyl adjacent to an activating group) is 1. The Bertz CT molecular complexity index is 818. The fourth-order valence-corrected chi connectivity index (χ4v) is 3.65. The van der Waals surface area contributed by atoms with E-state index < -0.39 is 5.91 Å². The van der Waals surface area contributed by atoms with E-state index in [4.69, 9.17) is 4.74 Å². The first kappa shape index (κ1) is 21.2. The number of nitrogens with zero attached hydrogens (tertiary/aromatic N) is 4. The number of hydrogen-bond donors (Lipinski definition) is 2. The van der Waals surface area contributed by atoms with Gasteiger partial charge >= 0.3 is 0 Å². The number of nitrogens with one attached hydrogen (secondary N) is 2. The molecule has 1 aromatic heterocycles. The largest absolute Gasteiger partial charge is 0.497 e. The molecule has 9 nitrogen and oxygen atoms in total. The summed E-state index contributed by atoms with van der Waals surface area (Å²) in [4.78, 5) is 29.3. The molecule has 29 heavy (non-hydrogen) atoms. The van der Waals surface area contributed by atoms with Crippen molar-refractivity contribution in [2.24, 2.45) is 0 Å². The zero-order valence-corrected chi connectivity index (χ0v) is 17.5. The summed E-state index contributed by atoms with van der Waals surface area (Å²) in [7, 11) is 1.58. The molecular formula is C19H26N6O3S. The third-order valence-corrected chi connectivity index (χ3v) is 5.71. The Hall–Kier alpha value is -2.56. The van der Waals surface area contributed by atoms with Gasteiger partial charge in [-0.2, -0.15) is 0 Å². The van der Waals surface area contributed by atoms with E-state index >= 15 is 0 Å². The van der Waals surface area contributed by atoms with Crippen LogP contribution in [0.4, 0.5) is 5.69 Å². The lowest BCUT2D eigenvalue weighted by Crippen LogP contribution is -2.48. The molecule has 1 aliphatic rings. The highest BCUT2D eigenvalue weighted by molar-refractivity contribution is 7.15. The number of aromatic nitrogens is 2. The first-order valence-corrected chi connectivity index (χ1v) is 10.4. The second kappa shape index (κ2) is 10.3. The minimum atomic E-state index is -0.402. The van der Waals surface area contributed by atoms with Crippen LogP contribution in [0.2, 0.25) is 0 Å². The predicted molar refractivity (Wildman–Crippen MR) is 112 cm³/mol. The molecule has 10 heteroatoms. The molecule has 0 spiro atoms. The van der Waals surface area contributed by atoms with Gasteiger partial charge in [-0.05, 0) is 30.8 Å². The zero-order valence-electron chi connectivity index (χ0n) is 16.7. The van der Waals surface area contributed by atoms with Crippen molar-refractivity contribution in [3.8, 4) is 5.75 Å². The third kappa shape index (κ3) is 5.96. The van der Waals surface area contributed by atoms with E-state index in [9.17, 15) is 9.59 Å². The summed E-state index contributed by atoms with van der Waals surface area (Å²) >= 11 is 0.974. The molecule has 156 valence electrons. The summed E-state index contributed by atoms with van der Waals surface area (Å²) in [6.07, 6.45) is 0. The number of rotatable bonds is 8. The third-order valence-electron chi connectivity index (χ3n) is 4.79. The van der Waals surface area contributed by atoms with E-state index in [1.807, 2.05) is 0 Å². The van der Waals surface area contributed by atoms with Crippen molar-refractivity contribution in [3.63, 3.8) is 0 Å². The van der Waals surface area contributed by atoms with Crippen molar-refractivity contribution in [3.05, 3.63) is 34.3 Å². The van der Waals surface area contributed by atoms with Gasteiger partial charge in [-0.3, -0.25) is 14.5 Å². The number of methoxy groups -OCH3 is 1. The van der Waals surface area contributed by atoms with Crippen LogP contribution >= 0.6 is 11.3 Å². The molecule has 0 aliphatic carbocycles. The van der Waals surface area contributed by atoms with Crippen molar-refractivity contribution >= 4 is 28.8 Å². The molecule has 3 rings (SSSR count). The van der Waals surface area contributed by atoms with Gasteiger partial charge in [0.15, 0.2) is 0 Å². The smallest absolute Gasteiger partial charge is 0.286 e. The molecule has 0 bridgehead atoms. The van der Waals surface area contributed by atoms with Crippen LogP contribution in [-0.4, -0.2) is 84.7 Å². The van der Waals surface area contributed by atoms with Crippen LogP contribution in [0.5, 0.6) is 5.75 Å². The molecule has 1 fully saturated rings. The summed E-state index contributed by atoms with van der Waals surface area (Å²) < 4.78 is 5.09. The molecule has 0 saturated carbocycles. The topological polar surface area (TPSA) is 99.7 Å². The Morgan fingerprint density at radius 3 is 2.28 bits per heavy atom. The lowest BCUT2D eigenvalue weighted by atomic mass is 10.3. The number of ether oxygens (including phenoxy) is 1. The second-order valence-corrected chi connectivity index (χ2v) is 7.60. The van der Waals surface area contributed by atoms with Gasteiger partial charge in [-0.15, -0.1) is 10.2 Å². The number of carbonyl (C=O) groups excluding carboxylic acids is 2. The van der Waals surface area contributed by atoms with Crippen LogP contribution in [0, 0.1) is 0 Å². The average molecular weight is 419 g/mol. The minimum absolute atomic E-state index is 0.140. The molecule has 2 N–H and O–H groups in total.